The molecular formula is C13H26N+. The highest BCUT2D eigenvalue weighted by atomic mass is 14.8. The Hall–Kier alpha value is -0.480. The number of rotatable bonds is 8. The zero-order chi connectivity index (χ0) is 10.5. The Labute approximate surface area is 89.7 Å². The SMILES string of the molecule is CCCCC#CC[NH2+]CCCCCC. The van der Waals surface area contributed by atoms with E-state index in [1.54, 1.807) is 0 Å². The minimum absolute atomic E-state index is 0.996. The molecular weight excluding hydrogens is 170 g/mol. The molecule has 0 fully saturated rings. The summed E-state index contributed by atoms with van der Waals surface area (Å²) in [5.74, 6) is 6.41. The molecule has 0 rings (SSSR count). The minimum atomic E-state index is 0.996. The summed E-state index contributed by atoms with van der Waals surface area (Å²) in [6, 6.07) is 0. The Kier molecular flexibility index (Phi) is 12.1. The van der Waals surface area contributed by atoms with E-state index in [2.05, 4.69) is 31.0 Å². The Morgan fingerprint density at radius 3 is 2.36 bits per heavy atom. The van der Waals surface area contributed by atoms with E-state index in [-0.39, 0.29) is 0 Å². The van der Waals surface area contributed by atoms with E-state index in [9.17, 15) is 0 Å². The number of unbranched alkanes of at least 4 members (excludes halogenated alkanes) is 5. The van der Waals surface area contributed by atoms with Crippen molar-refractivity contribution in [3.63, 3.8) is 0 Å². The zero-order valence-electron chi connectivity index (χ0n) is 9.94. The molecule has 0 aliphatic rings. The normalized spacial score (nSPS) is 9.57. The molecule has 2 N–H and O–H groups in total. The second-order valence-electron chi connectivity index (χ2n) is 3.80. The molecule has 0 saturated heterocycles. The summed E-state index contributed by atoms with van der Waals surface area (Å²) >= 11 is 0. The van der Waals surface area contributed by atoms with E-state index in [1.807, 2.05) is 0 Å². The van der Waals surface area contributed by atoms with Crippen molar-refractivity contribution in [2.75, 3.05) is 13.1 Å². The lowest BCUT2D eigenvalue weighted by Crippen LogP contribution is -2.84. The van der Waals surface area contributed by atoms with Crippen LogP contribution in [0.25, 0.3) is 0 Å². The van der Waals surface area contributed by atoms with Crippen LogP contribution >= 0.6 is 0 Å². The second-order valence-corrected chi connectivity index (χ2v) is 3.80. The summed E-state index contributed by atoms with van der Waals surface area (Å²) in [6.45, 7) is 6.71. The molecule has 0 aliphatic carbocycles. The van der Waals surface area contributed by atoms with Crippen LogP contribution < -0.4 is 5.32 Å². The van der Waals surface area contributed by atoms with Gasteiger partial charge >= 0.3 is 0 Å². The maximum Gasteiger partial charge on any atom is 0.137 e. The lowest BCUT2D eigenvalue weighted by Gasteiger charge is -1.96. The fourth-order valence-electron chi connectivity index (χ4n) is 1.32. The molecule has 0 amide bonds. The van der Waals surface area contributed by atoms with Crippen LogP contribution in [0.2, 0.25) is 0 Å². The van der Waals surface area contributed by atoms with Gasteiger partial charge in [-0.3, -0.25) is 0 Å². The molecule has 1 heteroatoms. The van der Waals surface area contributed by atoms with Crippen LogP contribution in [0.3, 0.4) is 0 Å². The van der Waals surface area contributed by atoms with Crippen LogP contribution in [-0.4, -0.2) is 13.1 Å². The van der Waals surface area contributed by atoms with E-state index in [0.29, 0.717) is 0 Å². The monoisotopic (exact) mass is 196 g/mol. The minimum Gasteiger partial charge on any atom is -0.336 e. The van der Waals surface area contributed by atoms with Gasteiger partial charge in [0.15, 0.2) is 0 Å². The Balaban J connectivity index is 2.99. The first-order chi connectivity index (χ1) is 6.91. The molecule has 14 heavy (non-hydrogen) atoms. The van der Waals surface area contributed by atoms with Crippen LogP contribution in [0.4, 0.5) is 0 Å². The van der Waals surface area contributed by atoms with Gasteiger partial charge in [-0.25, -0.2) is 0 Å². The predicted octanol–water partition coefficient (Wildman–Crippen LogP) is 2.32. The molecule has 0 aromatic heterocycles. The summed E-state index contributed by atoms with van der Waals surface area (Å²) in [4.78, 5) is 0. The van der Waals surface area contributed by atoms with E-state index in [4.69, 9.17) is 0 Å². The molecule has 0 aliphatic heterocycles. The molecule has 0 atom stereocenters. The van der Waals surface area contributed by atoms with Gasteiger partial charge in [0.05, 0.1) is 6.54 Å². The molecule has 0 bridgehead atoms. The van der Waals surface area contributed by atoms with Crippen molar-refractivity contribution in [3.05, 3.63) is 0 Å². The molecule has 0 heterocycles. The largest absolute Gasteiger partial charge is 0.336 e. The van der Waals surface area contributed by atoms with Crippen molar-refractivity contribution in [1.82, 2.24) is 0 Å². The maximum atomic E-state index is 3.21. The maximum absolute atomic E-state index is 3.21. The van der Waals surface area contributed by atoms with Gasteiger partial charge in [0.2, 0.25) is 0 Å². The zero-order valence-corrected chi connectivity index (χ0v) is 9.94. The third kappa shape index (κ3) is 11.5. The van der Waals surface area contributed by atoms with Gasteiger partial charge in [0, 0.05) is 6.42 Å². The smallest absolute Gasteiger partial charge is 0.137 e. The van der Waals surface area contributed by atoms with Crippen LogP contribution in [-0.2, 0) is 0 Å². The number of quaternary nitrogens is 1. The quantitative estimate of drug-likeness (QED) is 0.453. The topological polar surface area (TPSA) is 16.6 Å². The number of hydrogen-bond acceptors (Lipinski definition) is 0. The predicted molar refractivity (Wildman–Crippen MR) is 63.1 cm³/mol. The van der Waals surface area contributed by atoms with Gasteiger partial charge in [0.1, 0.15) is 6.54 Å². The third-order valence-electron chi connectivity index (χ3n) is 2.29. The van der Waals surface area contributed by atoms with Crippen LogP contribution in [0.5, 0.6) is 0 Å². The highest BCUT2D eigenvalue weighted by Crippen LogP contribution is 1.95. The first-order valence-electron chi connectivity index (χ1n) is 6.19. The van der Waals surface area contributed by atoms with E-state index in [0.717, 1.165) is 13.0 Å². The van der Waals surface area contributed by atoms with Gasteiger partial charge in [-0.1, -0.05) is 39.0 Å². The first kappa shape index (κ1) is 13.5. The summed E-state index contributed by atoms with van der Waals surface area (Å²) in [5, 5.41) is 2.33. The average molecular weight is 196 g/mol. The Bertz CT molecular complexity index is 152. The lowest BCUT2D eigenvalue weighted by atomic mass is 10.2. The molecule has 0 aromatic carbocycles. The molecule has 0 aromatic rings. The number of hydrogen-bond donors (Lipinski definition) is 1. The molecule has 1 nitrogen and oxygen atoms in total. The highest BCUT2D eigenvalue weighted by Gasteiger charge is 1.88. The van der Waals surface area contributed by atoms with Gasteiger partial charge < -0.3 is 5.32 Å². The first-order valence-corrected chi connectivity index (χ1v) is 6.19. The fourth-order valence-corrected chi connectivity index (χ4v) is 1.32. The Morgan fingerprint density at radius 2 is 1.64 bits per heavy atom. The van der Waals surface area contributed by atoms with Crippen molar-refractivity contribution in [2.45, 2.75) is 58.8 Å². The number of nitrogens with two attached hydrogens (primary N) is 1. The molecule has 0 radical (unpaired) electrons. The van der Waals surface area contributed by atoms with Crippen LogP contribution in [0, 0.1) is 11.8 Å². The van der Waals surface area contributed by atoms with Crippen molar-refractivity contribution < 1.29 is 5.32 Å². The molecule has 0 spiro atoms. The van der Waals surface area contributed by atoms with E-state index >= 15 is 0 Å². The van der Waals surface area contributed by atoms with E-state index < -0.39 is 0 Å². The lowest BCUT2D eigenvalue weighted by molar-refractivity contribution is -0.644. The van der Waals surface area contributed by atoms with Crippen LogP contribution in [0.1, 0.15) is 58.8 Å². The van der Waals surface area contributed by atoms with Crippen molar-refractivity contribution in [3.8, 4) is 11.8 Å². The average Bonchev–Trinajstić information content (AvgIpc) is 2.21. The molecule has 0 unspecified atom stereocenters. The van der Waals surface area contributed by atoms with Crippen molar-refractivity contribution in [1.29, 1.82) is 0 Å². The van der Waals surface area contributed by atoms with Gasteiger partial charge in [-0.2, -0.15) is 0 Å². The summed E-state index contributed by atoms with van der Waals surface area (Å²) in [7, 11) is 0. The van der Waals surface area contributed by atoms with Crippen LogP contribution in [0.15, 0.2) is 0 Å². The standard InChI is InChI=1S/C13H25N/c1-3-5-7-9-11-13-14-12-10-8-6-4-2/h14H,3-8,10,12-13H2,1-2H3/p+1. The second kappa shape index (κ2) is 12.5. The van der Waals surface area contributed by atoms with Crippen molar-refractivity contribution in [2.24, 2.45) is 0 Å². The summed E-state index contributed by atoms with van der Waals surface area (Å²) < 4.78 is 0. The van der Waals surface area contributed by atoms with Crippen molar-refractivity contribution >= 4 is 0 Å². The third-order valence-corrected chi connectivity index (χ3v) is 2.29. The summed E-state index contributed by atoms with van der Waals surface area (Å²) in [5.41, 5.74) is 0. The molecule has 0 saturated carbocycles. The van der Waals surface area contributed by atoms with Gasteiger partial charge in [0.25, 0.3) is 0 Å². The Morgan fingerprint density at radius 1 is 0.857 bits per heavy atom. The molecule has 82 valence electrons. The summed E-state index contributed by atoms with van der Waals surface area (Å²) in [6.07, 6.45) is 9.05. The fraction of sp³-hybridized carbons (Fsp3) is 0.846. The van der Waals surface area contributed by atoms with E-state index in [1.165, 1.54) is 45.1 Å². The van der Waals surface area contributed by atoms with Gasteiger partial charge in [-0.15, -0.1) is 0 Å². The highest BCUT2D eigenvalue weighted by molar-refractivity contribution is 4.97. The van der Waals surface area contributed by atoms with Gasteiger partial charge in [-0.05, 0) is 25.2 Å².